The topological polar surface area (TPSA) is 101 Å². The average molecular weight is 353 g/mol. The van der Waals surface area contributed by atoms with E-state index < -0.39 is 45.6 Å². The van der Waals surface area contributed by atoms with E-state index in [4.69, 9.17) is 0 Å². The molecule has 0 heterocycles. The van der Waals surface area contributed by atoms with E-state index in [0.29, 0.717) is 12.1 Å². The lowest BCUT2D eigenvalue weighted by Gasteiger charge is -2.10. The maximum Gasteiger partial charge on any atom is 0.305 e. The highest BCUT2D eigenvalue weighted by atomic mass is 19.1. The molecule has 0 fully saturated rings. The van der Waals surface area contributed by atoms with Crippen LogP contribution in [0.1, 0.15) is 17.3 Å². The van der Waals surface area contributed by atoms with Crippen molar-refractivity contribution < 1.29 is 27.7 Å². The predicted octanol–water partition coefficient (Wildman–Crippen LogP) is 3.22. The highest BCUT2D eigenvalue weighted by molar-refractivity contribution is 6.05. The van der Waals surface area contributed by atoms with Gasteiger partial charge >= 0.3 is 5.69 Å². The molecule has 2 amide bonds. The van der Waals surface area contributed by atoms with E-state index in [-0.39, 0.29) is 11.3 Å². The molecule has 25 heavy (non-hydrogen) atoms. The van der Waals surface area contributed by atoms with Crippen molar-refractivity contribution in [3.63, 3.8) is 0 Å². The molecule has 0 saturated carbocycles. The van der Waals surface area contributed by atoms with Gasteiger partial charge in [0.1, 0.15) is 11.6 Å². The van der Waals surface area contributed by atoms with Crippen molar-refractivity contribution in [3.8, 4) is 0 Å². The summed E-state index contributed by atoms with van der Waals surface area (Å²) in [4.78, 5) is 32.7. The van der Waals surface area contributed by atoms with E-state index in [2.05, 4.69) is 10.6 Å². The van der Waals surface area contributed by atoms with Crippen LogP contribution in [0.25, 0.3) is 0 Å². The number of benzene rings is 2. The number of nitro benzene ring substituents is 1. The van der Waals surface area contributed by atoms with Gasteiger partial charge in [0.15, 0.2) is 0 Å². The van der Waals surface area contributed by atoms with Crippen LogP contribution in [-0.2, 0) is 4.79 Å². The molecule has 0 bridgehead atoms. The first-order chi connectivity index (χ1) is 11.7. The summed E-state index contributed by atoms with van der Waals surface area (Å²) < 4.78 is 40.6. The van der Waals surface area contributed by atoms with Gasteiger partial charge in [-0.2, -0.15) is 4.39 Å². The quantitative estimate of drug-likeness (QED) is 0.651. The third kappa shape index (κ3) is 4.10. The Hall–Kier alpha value is -3.43. The summed E-state index contributed by atoms with van der Waals surface area (Å²) in [6.07, 6.45) is 0. The monoisotopic (exact) mass is 353 g/mol. The van der Waals surface area contributed by atoms with Gasteiger partial charge in [0.05, 0.1) is 16.3 Å². The van der Waals surface area contributed by atoms with E-state index in [0.717, 1.165) is 25.1 Å². The fourth-order valence-corrected chi connectivity index (χ4v) is 1.92. The lowest BCUT2D eigenvalue weighted by Crippen LogP contribution is -2.15. The van der Waals surface area contributed by atoms with Gasteiger partial charge in [-0.3, -0.25) is 19.7 Å². The number of hydrogen-bond donors (Lipinski definition) is 2. The third-order valence-corrected chi connectivity index (χ3v) is 3.02. The van der Waals surface area contributed by atoms with Crippen LogP contribution in [0.2, 0.25) is 0 Å². The summed E-state index contributed by atoms with van der Waals surface area (Å²) in [6.45, 7) is 1.11. The molecule has 2 rings (SSSR count). The SMILES string of the molecule is CC(=O)Nc1cc(NC(=O)c2ccc(F)c([N+](=O)[O-])c2)c(F)cc1F. The predicted molar refractivity (Wildman–Crippen MR) is 81.7 cm³/mol. The van der Waals surface area contributed by atoms with Crippen LogP contribution >= 0.6 is 0 Å². The number of anilines is 2. The van der Waals surface area contributed by atoms with Gasteiger partial charge in [-0.15, -0.1) is 0 Å². The first-order valence-corrected chi connectivity index (χ1v) is 6.71. The second-order valence-electron chi connectivity index (χ2n) is 4.87. The lowest BCUT2D eigenvalue weighted by atomic mass is 10.1. The lowest BCUT2D eigenvalue weighted by molar-refractivity contribution is -0.387. The molecule has 0 aliphatic carbocycles. The molecular weight excluding hydrogens is 343 g/mol. The number of carbonyl (C=O) groups excluding carboxylic acids is 2. The molecule has 2 aromatic rings. The number of carbonyl (C=O) groups is 2. The second kappa shape index (κ2) is 6.99. The minimum atomic E-state index is -1.14. The standard InChI is InChI=1S/C15H10F3N3O4/c1-7(22)19-12-6-13(11(18)5-10(12)17)20-15(23)8-2-3-9(16)14(4-8)21(24)25/h2-6H,1H3,(H,19,22)(H,20,23). The largest absolute Gasteiger partial charge is 0.324 e. The Morgan fingerprint density at radius 3 is 2.12 bits per heavy atom. The van der Waals surface area contributed by atoms with Crippen molar-refractivity contribution in [3.05, 3.63) is 63.5 Å². The number of nitrogens with one attached hydrogen (secondary N) is 2. The van der Waals surface area contributed by atoms with Crippen molar-refractivity contribution in [1.82, 2.24) is 0 Å². The maximum atomic E-state index is 13.8. The third-order valence-electron chi connectivity index (χ3n) is 3.02. The molecule has 0 aliphatic heterocycles. The Labute approximate surface area is 138 Å². The van der Waals surface area contributed by atoms with Crippen molar-refractivity contribution in [2.24, 2.45) is 0 Å². The van der Waals surface area contributed by atoms with Gasteiger partial charge in [0.25, 0.3) is 5.91 Å². The van der Waals surface area contributed by atoms with Gasteiger partial charge in [0, 0.05) is 24.6 Å². The number of rotatable bonds is 4. The molecule has 2 N–H and O–H groups in total. The van der Waals surface area contributed by atoms with Crippen LogP contribution < -0.4 is 10.6 Å². The zero-order valence-corrected chi connectivity index (χ0v) is 12.6. The van der Waals surface area contributed by atoms with Gasteiger partial charge in [-0.05, 0) is 18.2 Å². The molecule has 10 heteroatoms. The number of hydrogen-bond acceptors (Lipinski definition) is 4. The van der Waals surface area contributed by atoms with Crippen LogP contribution in [0.15, 0.2) is 30.3 Å². The molecule has 7 nitrogen and oxygen atoms in total. The Kier molecular flexibility index (Phi) is 5.01. The van der Waals surface area contributed by atoms with Crippen LogP contribution in [0.3, 0.4) is 0 Å². The van der Waals surface area contributed by atoms with E-state index in [1.807, 2.05) is 0 Å². The van der Waals surface area contributed by atoms with Crippen molar-refractivity contribution in [1.29, 1.82) is 0 Å². The molecule has 0 spiro atoms. The Morgan fingerprint density at radius 1 is 0.960 bits per heavy atom. The zero-order chi connectivity index (χ0) is 18.7. The normalized spacial score (nSPS) is 10.2. The Bertz CT molecular complexity index is 887. The molecule has 0 saturated heterocycles. The molecular formula is C15H10F3N3O4. The Morgan fingerprint density at radius 2 is 1.56 bits per heavy atom. The number of amides is 2. The van der Waals surface area contributed by atoms with Gasteiger partial charge in [-0.25, -0.2) is 8.78 Å². The van der Waals surface area contributed by atoms with Gasteiger partial charge in [-0.1, -0.05) is 0 Å². The number of nitrogens with zero attached hydrogens (tertiary/aromatic N) is 1. The molecule has 2 aromatic carbocycles. The molecule has 130 valence electrons. The van der Waals surface area contributed by atoms with Crippen molar-refractivity contribution >= 4 is 28.9 Å². The first kappa shape index (κ1) is 17.9. The highest BCUT2D eigenvalue weighted by Gasteiger charge is 2.19. The van der Waals surface area contributed by atoms with Crippen LogP contribution in [0, 0.1) is 27.6 Å². The van der Waals surface area contributed by atoms with Crippen LogP contribution in [0.4, 0.5) is 30.2 Å². The summed E-state index contributed by atoms with van der Waals surface area (Å²) in [5.41, 5.74) is -2.07. The Balaban J connectivity index is 2.33. The summed E-state index contributed by atoms with van der Waals surface area (Å²) in [5.74, 6) is -4.92. The molecule has 0 radical (unpaired) electrons. The van der Waals surface area contributed by atoms with Crippen molar-refractivity contribution in [2.75, 3.05) is 10.6 Å². The van der Waals surface area contributed by atoms with Gasteiger partial charge in [0.2, 0.25) is 11.7 Å². The maximum absolute atomic E-state index is 13.8. The molecule has 0 aliphatic rings. The summed E-state index contributed by atoms with van der Waals surface area (Å²) in [7, 11) is 0. The average Bonchev–Trinajstić information content (AvgIpc) is 2.51. The molecule has 0 aromatic heterocycles. The van der Waals surface area contributed by atoms with Crippen molar-refractivity contribution in [2.45, 2.75) is 6.92 Å². The van der Waals surface area contributed by atoms with E-state index in [1.54, 1.807) is 0 Å². The molecule has 0 unspecified atom stereocenters. The summed E-state index contributed by atoms with van der Waals surface area (Å²) in [6, 6.07) is 3.67. The minimum absolute atomic E-state index is 0.307. The van der Waals surface area contributed by atoms with E-state index in [9.17, 15) is 32.9 Å². The number of nitro groups is 1. The minimum Gasteiger partial charge on any atom is -0.324 e. The highest BCUT2D eigenvalue weighted by Crippen LogP contribution is 2.25. The van der Waals surface area contributed by atoms with E-state index >= 15 is 0 Å². The van der Waals surface area contributed by atoms with E-state index in [1.165, 1.54) is 0 Å². The fourth-order valence-electron chi connectivity index (χ4n) is 1.92. The zero-order valence-electron chi connectivity index (χ0n) is 12.6. The van der Waals surface area contributed by atoms with Crippen LogP contribution in [0.5, 0.6) is 0 Å². The summed E-state index contributed by atoms with van der Waals surface area (Å²) in [5, 5.41) is 14.9. The smallest absolute Gasteiger partial charge is 0.305 e. The first-order valence-electron chi connectivity index (χ1n) is 6.71. The van der Waals surface area contributed by atoms with Gasteiger partial charge < -0.3 is 10.6 Å². The second-order valence-corrected chi connectivity index (χ2v) is 4.87. The molecule has 0 atom stereocenters. The summed E-state index contributed by atoms with van der Waals surface area (Å²) >= 11 is 0. The van der Waals surface area contributed by atoms with Crippen LogP contribution in [-0.4, -0.2) is 16.7 Å². The fraction of sp³-hybridized carbons (Fsp3) is 0.0667. The number of halogens is 3.